The first kappa shape index (κ1) is 22.0. The second-order valence-corrected chi connectivity index (χ2v) is 9.95. The van der Waals surface area contributed by atoms with Crippen molar-refractivity contribution in [3.05, 3.63) is 72.7 Å². The predicted molar refractivity (Wildman–Crippen MR) is 141 cm³/mol. The summed E-state index contributed by atoms with van der Waals surface area (Å²) in [7, 11) is 0. The third-order valence-corrected chi connectivity index (χ3v) is 7.79. The minimum absolute atomic E-state index is 0.158. The normalized spacial score (nSPS) is 21.5. The van der Waals surface area contributed by atoms with Gasteiger partial charge in [0.1, 0.15) is 11.5 Å². The third kappa shape index (κ3) is 4.04. The van der Waals surface area contributed by atoms with Crippen molar-refractivity contribution in [3.63, 3.8) is 0 Å². The van der Waals surface area contributed by atoms with Gasteiger partial charge in [0.05, 0.1) is 5.69 Å². The minimum atomic E-state index is 0.158. The Balaban J connectivity index is 1.30. The Bertz CT molecular complexity index is 1320. The highest BCUT2D eigenvalue weighted by atomic mass is 15.4. The Hall–Kier alpha value is -3.45. The Morgan fingerprint density at radius 1 is 1.00 bits per heavy atom. The first-order valence-corrected chi connectivity index (χ1v) is 12.7. The molecule has 1 aromatic carbocycles. The van der Waals surface area contributed by atoms with Crippen LogP contribution in [0.3, 0.4) is 0 Å². The number of hydrogen-bond acceptors (Lipinski definition) is 6. The number of piperazine rings is 1. The molecular weight excluding hydrogens is 434 g/mol. The smallest absolute Gasteiger partial charge is 0.212 e. The number of nitrogens with one attached hydrogen (secondary N) is 1. The average Bonchev–Trinajstić information content (AvgIpc) is 3.64. The second-order valence-electron chi connectivity index (χ2n) is 9.95. The molecule has 180 valence electrons. The van der Waals surface area contributed by atoms with Crippen molar-refractivity contribution < 1.29 is 0 Å². The fraction of sp³-hybridized carbons (Fsp3) is 0.393. The molecule has 2 aliphatic heterocycles. The zero-order valence-corrected chi connectivity index (χ0v) is 20.7. The highest BCUT2D eigenvalue weighted by Crippen LogP contribution is 2.36. The highest BCUT2D eigenvalue weighted by molar-refractivity contribution is 5.68. The molecule has 1 N–H and O–H groups in total. The first-order valence-electron chi connectivity index (χ1n) is 12.7. The van der Waals surface area contributed by atoms with E-state index < -0.39 is 0 Å². The Kier molecular flexibility index (Phi) is 5.65. The van der Waals surface area contributed by atoms with E-state index in [0.29, 0.717) is 18.1 Å². The van der Waals surface area contributed by atoms with Gasteiger partial charge in [-0.05, 0) is 44.4 Å². The third-order valence-electron chi connectivity index (χ3n) is 7.79. The van der Waals surface area contributed by atoms with E-state index in [4.69, 9.17) is 4.98 Å². The molecule has 6 rings (SSSR count). The fourth-order valence-corrected chi connectivity index (χ4v) is 5.69. The lowest BCUT2D eigenvalue weighted by Gasteiger charge is -2.38. The van der Waals surface area contributed by atoms with Crippen molar-refractivity contribution in [2.45, 2.75) is 57.8 Å². The van der Waals surface area contributed by atoms with Gasteiger partial charge in [-0.1, -0.05) is 37.3 Å². The van der Waals surface area contributed by atoms with Gasteiger partial charge in [-0.15, -0.1) is 0 Å². The van der Waals surface area contributed by atoms with Gasteiger partial charge in [0.15, 0.2) is 0 Å². The SMILES string of the molecule is CCC(C)N1CC2CC1CN2c1nc(-c2ccnc(N[C@@H](C)c3ccccc3)c2)cc2nccn12. The summed E-state index contributed by atoms with van der Waals surface area (Å²) in [5.74, 6) is 1.84. The van der Waals surface area contributed by atoms with Crippen molar-refractivity contribution in [3.8, 4) is 11.3 Å². The van der Waals surface area contributed by atoms with Crippen molar-refractivity contribution >= 4 is 17.4 Å². The zero-order chi connectivity index (χ0) is 23.9. The van der Waals surface area contributed by atoms with Gasteiger partial charge < -0.3 is 10.2 Å². The molecule has 2 saturated heterocycles. The first-order chi connectivity index (χ1) is 17.1. The fourth-order valence-electron chi connectivity index (χ4n) is 5.69. The van der Waals surface area contributed by atoms with Crippen LogP contribution in [0, 0.1) is 0 Å². The van der Waals surface area contributed by atoms with Crippen LogP contribution in [-0.2, 0) is 0 Å². The summed E-state index contributed by atoms with van der Waals surface area (Å²) in [6, 6.07) is 18.5. The van der Waals surface area contributed by atoms with Gasteiger partial charge in [0.2, 0.25) is 5.95 Å². The number of anilines is 2. The van der Waals surface area contributed by atoms with E-state index in [0.717, 1.165) is 41.8 Å². The maximum atomic E-state index is 5.19. The number of aromatic nitrogens is 4. The molecule has 35 heavy (non-hydrogen) atoms. The molecule has 2 aliphatic rings. The van der Waals surface area contributed by atoms with Crippen molar-refractivity contribution in [1.82, 2.24) is 24.3 Å². The van der Waals surface area contributed by atoms with Gasteiger partial charge in [0, 0.05) is 67.5 Å². The molecule has 0 spiro atoms. The lowest BCUT2D eigenvalue weighted by atomic mass is 10.1. The van der Waals surface area contributed by atoms with Crippen LogP contribution in [0.4, 0.5) is 11.8 Å². The van der Waals surface area contributed by atoms with E-state index in [9.17, 15) is 0 Å². The molecule has 7 nitrogen and oxygen atoms in total. The van der Waals surface area contributed by atoms with E-state index in [2.05, 4.69) is 86.7 Å². The van der Waals surface area contributed by atoms with Crippen LogP contribution in [0.1, 0.15) is 45.2 Å². The van der Waals surface area contributed by atoms with Crippen LogP contribution in [0.2, 0.25) is 0 Å². The largest absolute Gasteiger partial charge is 0.364 e. The average molecular weight is 468 g/mol. The molecule has 5 heterocycles. The number of imidazole rings is 1. The van der Waals surface area contributed by atoms with Crippen LogP contribution >= 0.6 is 0 Å². The van der Waals surface area contributed by atoms with Crippen LogP contribution < -0.4 is 10.2 Å². The van der Waals surface area contributed by atoms with Crippen molar-refractivity contribution in [2.24, 2.45) is 0 Å². The summed E-state index contributed by atoms with van der Waals surface area (Å²) in [5.41, 5.74) is 4.13. The monoisotopic (exact) mass is 467 g/mol. The number of nitrogens with zero attached hydrogens (tertiary/aromatic N) is 6. The molecule has 0 radical (unpaired) electrons. The molecule has 3 unspecified atom stereocenters. The molecule has 3 aromatic heterocycles. The molecule has 0 aliphatic carbocycles. The van der Waals surface area contributed by atoms with Gasteiger partial charge in [-0.3, -0.25) is 9.30 Å². The summed E-state index contributed by atoms with van der Waals surface area (Å²) in [6.45, 7) is 8.93. The lowest BCUT2D eigenvalue weighted by molar-refractivity contribution is 0.175. The van der Waals surface area contributed by atoms with Crippen LogP contribution in [0.25, 0.3) is 16.9 Å². The molecule has 2 bridgehead atoms. The number of pyridine rings is 1. The number of fused-ring (bicyclic) bond motifs is 3. The van der Waals surface area contributed by atoms with Gasteiger partial charge >= 0.3 is 0 Å². The Labute approximate surface area is 206 Å². The standard InChI is InChI=1S/C28H33N7/c1-4-19(2)34-17-24-15-23(34)18-35(24)28-32-25(16-27-30-12-13-33(27)28)22-10-11-29-26(14-22)31-20(3)21-8-6-5-7-9-21/h5-14,16,19-20,23-24H,4,15,17-18H2,1-3H3,(H,29,31)/t19?,20-,23?,24?/m0/s1. The quantitative estimate of drug-likeness (QED) is 0.412. The van der Waals surface area contributed by atoms with E-state index in [1.54, 1.807) is 0 Å². The Morgan fingerprint density at radius 2 is 1.86 bits per heavy atom. The number of rotatable bonds is 7. The molecule has 0 amide bonds. The number of benzene rings is 1. The van der Waals surface area contributed by atoms with Gasteiger partial charge in [0.25, 0.3) is 0 Å². The summed E-state index contributed by atoms with van der Waals surface area (Å²) in [6.07, 6.45) is 8.16. The maximum Gasteiger partial charge on any atom is 0.212 e. The molecule has 4 aromatic rings. The number of hydrogen-bond donors (Lipinski definition) is 1. The minimum Gasteiger partial charge on any atom is -0.364 e. The predicted octanol–water partition coefficient (Wildman–Crippen LogP) is 5.03. The molecule has 0 saturated carbocycles. The summed E-state index contributed by atoms with van der Waals surface area (Å²) in [4.78, 5) is 19.6. The summed E-state index contributed by atoms with van der Waals surface area (Å²) in [5, 5.41) is 3.54. The van der Waals surface area contributed by atoms with E-state index in [1.807, 2.05) is 30.7 Å². The van der Waals surface area contributed by atoms with Crippen LogP contribution in [-0.4, -0.2) is 55.5 Å². The van der Waals surface area contributed by atoms with Crippen molar-refractivity contribution in [2.75, 3.05) is 23.3 Å². The molecule has 4 atom stereocenters. The van der Waals surface area contributed by atoms with Gasteiger partial charge in [-0.25, -0.2) is 15.0 Å². The second kappa shape index (κ2) is 8.96. The van der Waals surface area contributed by atoms with E-state index in [-0.39, 0.29) is 6.04 Å². The number of likely N-dealkylation sites (tertiary alicyclic amines) is 1. The maximum absolute atomic E-state index is 5.19. The van der Waals surface area contributed by atoms with Crippen LogP contribution in [0.15, 0.2) is 67.1 Å². The van der Waals surface area contributed by atoms with E-state index in [1.165, 1.54) is 18.4 Å². The molecule has 7 heteroatoms. The molecule has 2 fully saturated rings. The zero-order valence-electron chi connectivity index (χ0n) is 20.7. The Morgan fingerprint density at radius 3 is 2.63 bits per heavy atom. The lowest BCUT2D eigenvalue weighted by Crippen LogP contribution is -2.50. The van der Waals surface area contributed by atoms with E-state index >= 15 is 0 Å². The van der Waals surface area contributed by atoms with Crippen molar-refractivity contribution in [1.29, 1.82) is 0 Å². The summed E-state index contributed by atoms with van der Waals surface area (Å²) < 4.78 is 2.13. The van der Waals surface area contributed by atoms with Gasteiger partial charge in [-0.2, -0.15) is 0 Å². The van der Waals surface area contributed by atoms with Crippen LogP contribution in [0.5, 0.6) is 0 Å². The summed E-state index contributed by atoms with van der Waals surface area (Å²) >= 11 is 0. The topological polar surface area (TPSA) is 61.6 Å². The molecular formula is C28H33N7. The highest BCUT2D eigenvalue weighted by Gasteiger charge is 2.45.